The first-order chi connectivity index (χ1) is 24.1. The van der Waals surface area contributed by atoms with E-state index in [0.29, 0.717) is 0 Å². The van der Waals surface area contributed by atoms with Gasteiger partial charge in [-0.05, 0) is 185 Å². The normalized spacial score (nSPS) is 16.0. The zero-order valence-corrected chi connectivity index (χ0v) is 31.0. The number of ether oxygens (including phenoxy) is 2. The van der Waals surface area contributed by atoms with Gasteiger partial charge in [0.05, 0.1) is 0 Å². The molecule has 0 spiro atoms. The first-order valence-electron chi connectivity index (χ1n) is 19.4. The highest BCUT2D eigenvalue weighted by atomic mass is 16.5. The molecule has 0 aromatic heterocycles. The SMILES string of the molecule is CC(C)(C)Oc1ccc2ccc(CC(C)(C)Oc3ccc4c(c3-c3cccc5c3CCCC5)CCCC4)cc2c1-c1cccc2c1CCCC2. The molecule has 0 aliphatic heterocycles. The van der Waals surface area contributed by atoms with Crippen LogP contribution in [0.1, 0.15) is 112 Å². The van der Waals surface area contributed by atoms with Crippen LogP contribution in [0.25, 0.3) is 33.0 Å². The first-order valence-corrected chi connectivity index (χ1v) is 19.4. The Bertz CT molecular complexity index is 2060. The summed E-state index contributed by atoms with van der Waals surface area (Å²) in [6.45, 7) is 11.0. The van der Waals surface area contributed by atoms with Crippen LogP contribution >= 0.6 is 0 Å². The van der Waals surface area contributed by atoms with Crippen molar-refractivity contribution in [2.75, 3.05) is 0 Å². The summed E-state index contributed by atoms with van der Waals surface area (Å²) in [6, 6.07) is 30.0. The van der Waals surface area contributed by atoms with E-state index in [1.165, 1.54) is 124 Å². The van der Waals surface area contributed by atoms with Crippen LogP contribution in [0.3, 0.4) is 0 Å². The smallest absolute Gasteiger partial charge is 0.128 e. The molecule has 0 unspecified atom stereocenters. The van der Waals surface area contributed by atoms with Gasteiger partial charge in [0.1, 0.15) is 22.7 Å². The van der Waals surface area contributed by atoms with Crippen molar-refractivity contribution in [3.8, 4) is 33.8 Å². The molecule has 50 heavy (non-hydrogen) atoms. The molecule has 8 rings (SSSR count). The van der Waals surface area contributed by atoms with E-state index in [4.69, 9.17) is 9.47 Å². The second kappa shape index (κ2) is 13.3. The van der Waals surface area contributed by atoms with Gasteiger partial charge in [-0.15, -0.1) is 0 Å². The van der Waals surface area contributed by atoms with Crippen LogP contribution in [-0.4, -0.2) is 11.2 Å². The van der Waals surface area contributed by atoms with Crippen LogP contribution in [0.15, 0.2) is 78.9 Å². The Hall–Kier alpha value is -4.04. The Morgan fingerprint density at radius 3 is 1.66 bits per heavy atom. The van der Waals surface area contributed by atoms with Crippen molar-refractivity contribution >= 4 is 10.8 Å². The van der Waals surface area contributed by atoms with E-state index in [-0.39, 0.29) is 5.60 Å². The van der Waals surface area contributed by atoms with Gasteiger partial charge < -0.3 is 9.47 Å². The van der Waals surface area contributed by atoms with Crippen LogP contribution in [0.4, 0.5) is 0 Å². The van der Waals surface area contributed by atoms with Gasteiger partial charge in [0.25, 0.3) is 0 Å². The predicted octanol–water partition coefficient (Wildman–Crippen LogP) is 12.4. The van der Waals surface area contributed by atoms with Crippen molar-refractivity contribution in [3.63, 3.8) is 0 Å². The van der Waals surface area contributed by atoms with Gasteiger partial charge in [-0.25, -0.2) is 0 Å². The first kappa shape index (κ1) is 33.1. The molecule has 0 N–H and O–H groups in total. The molecule has 0 atom stereocenters. The molecule has 5 aromatic carbocycles. The summed E-state index contributed by atoms with van der Waals surface area (Å²) in [6.07, 6.45) is 15.4. The number of aryl methyl sites for hydroxylation is 3. The topological polar surface area (TPSA) is 18.5 Å². The number of benzene rings is 5. The standard InChI is InChI=1S/C48H54O2/c1-47(2,3)49-43-28-27-36-25-24-32(30-42(36)46(43)41-23-13-18-34-15-7-10-20-38(34)41)31-48(4,5)50-44-29-26-35-16-8-11-21-39(35)45(44)40-22-12-17-33-14-6-9-19-37(33)40/h12-13,17-18,22-30H,6-11,14-16,19-21,31H2,1-5H3. The highest BCUT2D eigenvalue weighted by Crippen LogP contribution is 2.45. The van der Waals surface area contributed by atoms with Crippen LogP contribution < -0.4 is 9.47 Å². The summed E-state index contributed by atoms with van der Waals surface area (Å²) in [5, 5.41) is 2.52. The molecular formula is C48H54O2. The molecular weight excluding hydrogens is 609 g/mol. The molecule has 5 aromatic rings. The number of fused-ring (bicyclic) bond motifs is 4. The largest absolute Gasteiger partial charge is 0.487 e. The molecule has 0 radical (unpaired) electrons. The molecule has 3 aliphatic carbocycles. The molecule has 0 saturated carbocycles. The molecule has 0 fully saturated rings. The second-order valence-electron chi connectivity index (χ2n) is 16.8. The van der Waals surface area contributed by atoms with Crippen molar-refractivity contribution in [1.29, 1.82) is 0 Å². The van der Waals surface area contributed by atoms with Crippen LogP contribution in [-0.2, 0) is 44.9 Å². The molecule has 2 nitrogen and oxygen atoms in total. The predicted molar refractivity (Wildman–Crippen MR) is 210 cm³/mol. The number of rotatable bonds is 7. The molecule has 2 heteroatoms. The fourth-order valence-electron chi connectivity index (χ4n) is 9.19. The molecule has 0 heterocycles. The van der Waals surface area contributed by atoms with Gasteiger partial charge in [-0.3, -0.25) is 0 Å². The summed E-state index contributed by atoms with van der Waals surface area (Å²) in [5.41, 5.74) is 15.1. The minimum atomic E-state index is -0.411. The van der Waals surface area contributed by atoms with Gasteiger partial charge in [-0.2, -0.15) is 0 Å². The maximum Gasteiger partial charge on any atom is 0.128 e. The summed E-state index contributed by atoms with van der Waals surface area (Å²) in [5.74, 6) is 2.02. The molecule has 3 aliphatic rings. The van der Waals surface area contributed by atoms with E-state index < -0.39 is 5.60 Å². The van der Waals surface area contributed by atoms with E-state index in [1.807, 2.05) is 0 Å². The van der Waals surface area contributed by atoms with Crippen molar-refractivity contribution in [1.82, 2.24) is 0 Å². The lowest BCUT2D eigenvalue weighted by Gasteiger charge is -2.31. The Kier molecular flexibility index (Phi) is 8.78. The quantitative estimate of drug-likeness (QED) is 0.173. The minimum absolute atomic E-state index is 0.296. The van der Waals surface area contributed by atoms with Crippen LogP contribution in [0.2, 0.25) is 0 Å². The van der Waals surface area contributed by atoms with E-state index in [9.17, 15) is 0 Å². The highest BCUT2D eigenvalue weighted by molar-refractivity contribution is 6.01. The summed E-state index contributed by atoms with van der Waals surface area (Å²) >= 11 is 0. The van der Waals surface area contributed by atoms with E-state index in [1.54, 1.807) is 5.56 Å². The molecule has 258 valence electrons. The third-order valence-electron chi connectivity index (χ3n) is 11.3. The van der Waals surface area contributed by atoms with Gasteiger partial charge in [0.15, 0.2) is 0 Å². The Labute approximate surface area is 300 Å². The van der Waals surface area contributed by atoms with Crippen LogP contribution in [0.5, 0.6) is 11.5 Å². The number of hydrogen-bond donors (Lipinski definition) is 0. The van der Waals surface area contributed by atoms with Crippen molar-refractivity contribution in [2.45, 2.75) is 129 Å². The second-order valence-corrected chi connectivity index (χ2v) is 16.8. The van der Waals surface area contributed by atoms with E-state index in [0.717, 1.165) is 37.2 Å². The maximum atomic E-state index is 7.21. The molecule has 0 saturated heterocycles. The Balaban J connectivity index is 1.20. The number of hydrogen-bond acceptors (Lipinski definition) is 2. The zero-order valence-electron chi connectivity index (χ0n) is 31.0. The van der Waals surface area contributed by atoms with Crippen molar-refractivity contribution < 1.29 is 9.47 Å². The highest BCUT2D eigenvalue weighted by Gasteiger charge is 2.28. The monoisotopic (exact) mass is 662 g/mol. The van der Waals surface area contributed by atoms with Gasteiger partial charge in [0, 0.05) is 17.5 Å². The lowest BCUT2D eigenvalue weighted by atomic mass is 9.80. The van der Waals surface area contributed by atoms with Gasteiger partial charge >= 0.3 is 0 Å². The van der Waals surface area contributed by atoms with E-state index in [2.05, 4.69) is 113 Å². The minimum Gasteiger partial charge on any atom is -0.487 e. The third-order valence-corrected chi connectivity index (χ3v) is 11.3. The maximum absolute atomic E-state index is 7.21. The Morgan fingerprint density at radius 2 is 1.02 bits per heavy atom. The van der Waals surface area contributed by atoms with Crippen molar-refractivity contribution in [2.24, 2.45) is 0 Å². The lowest BCUT2D eigenvalue weighted by molar-refractivity contribution is 0.110. The fraction of sp³-hybridized carbons (Fsp3) is 0.417. The van der Waals surface area contributed by atoms with Crippen molar-refractivity contribution in [3.05, 3.63) is 118 Å². The Morgan fingerprint density at radius 1 is 0.500 bits per heavy atom. The summed E-state index contributed by atoms with van der Waals surface area (Å²) in [4.78, 5) is 0. The van der Waals surface area contributed by atoms with Crippen LogP contribution in [0, 0.1) is 0 Å². The lowest BCUT2D eigenvalue weighted by Crippen LogP contribution is -2.31. The molecule has 0 amide bonds. The summed E-state index contributed by atoms with van der Waals surface area (Å²) < 4.78 is 13.9. The zero-order chi connectivity index (χ0) is 34.5. The third kappa shape index (κ3) is 6.59. The molecule has 0 bridgehead atoms. The van der Waals surface area contributed by atoms with Gasteiger partial charge in [-0.1, -0.05) is 66.7 Å². The average Bonchev–Trinajstić information content (AvgIpc) is 3.10. The van der Waals surface area contributed by atoms with E-state index >= 15 is 0 Å². The fourth-order valence-corrected chi connectivity index (χ4v) is 9.19. The van der Waals surface area contributed by atoms with Gasteiger partial charge in [0.2, 0.25) is 0 Å². The average molecular weight is 663 g/mol. The summed E-state index contributed by atoms with van der Waals surface area (Å²) in [7, 11) is 0.